The highest BCUT2D eigenvalue weighted by Crippen LogP contribution is 2.30. The highest BCUT2D eigenvalue weighted by atomic mass is 19.4. The zero-order valence-electron chi connectivity index (χ0n) is 17.7. The average Bonchev–Trinajstić information content (AvgIpc) is 2.62. The van der Waals surface area contributed by atoms with Crippen LogP contribution in [0.15, 0.2) is 30.5 Å². The maximum absolute atomic E-state index is 13.1. The van der Waals surface area contributed by atoms with Crippen LogP contribution in [-0.2, 0) is 0 Å². The van der Waals surface area contributed by atoms with E-state index >= 15 is 0 Å². The fourth-order valence-electron chi connectivity index (χ4n) is 4.10. The summed E-state index contributed by atoms with van der Waals surface area (Å²) in [6, 6.07) is 7.91. The minimum atomic E-state index is -4.19. The fourth-order valence-corrected chi connectivity index (χ4v) is 4.10. The van der Waals surface area contributed by atoms with Crippen molar-refractivity contribution < 1.29 is 18.3 Å². The second-order valence-electron chi connectivity index (χ2n) is 8.07. The molecule has 0 bridgehead atoms. The molecule has 28 heavy (non-hydrogen) atoms. The van der Waals surface area contributed by atoms with E-state index < -0.39 is 12.7 Å². The maximum Gasteiger partial charge on any atom is 0.405 e. The Labute approximate surface area is 168 Å². The zero-order valence-corrected chi connectivity index (χ0v) is 17.7. The standard InChI is InChI=1S/C22H32F3N.CH4O/c1-17-8-7-11-21(13-17)19(3)15-26(16-22(23,24)25)14-18(2)12-20-9-5-4-6-10-20;1-2/h7-8,11,13,15,18,20H,4-6,9-10,12,14,16H2,1-3H3;2H,1H3/b19-15+;. The van der Waals surface area contributed by atoms with Crippen molar-refractivity contribution in [2.24, 2.45) is 11.8 Å². The molecule has 0 radical (unpaired) electrons. The SMILES string of the molecule is C/C(=C\N(CC(C)CC1CCCCC1)CC(F)(F)F)c1cccc(C)c1.CO. The molecule has 0 aromatic heterocycles. The number of halogens is 3. The predicted molar refractivity (Wildman–Crippen MR) is 111 cm³/mol. The lowest BCUT2D eigenvalue weighted by atomic mass is 9.83. The van der Waals surface area contributed by atoms with Gasteiger partial charge in [-0.1, -0.05) is 68.9 Å². The first-order valence-electron chi connectivity index (χ1n) is 10.2. The Morgan fingerprint density at radius 3 is 2.43 bits per heavy atom. The number of allylic oxidation sites excluding steroid dienone is 1. The molecule has 1 saturated carbocycles. The van der Waals surface area contributed by atoms with Gasteiger partial charge in [-0.15, -0.1) is 0 Å². The number of benzene rings is 1. The summed E-state index contributed by atoms with van der Waals surface area (Å²) in [5, 5.41) is 7.00. The van der Waals surface area contributed by atoms with E-state index in [-0.39, 0.29) is 5.92 Å². The lowest BCUT2D eigenvalue weighted by Gasteiger charge is -2.29. The second kappa shape index (κ2) is 12.2. The molecule has 1 atom stereocenters. The van der Waals surface area contributed by atoms with Gasteiger partial charge in [-0.25, -0.2) is 0 Å². The van der Waals surface area contributed by atoms with Crippen molar-refractivity contribution in [3.8, 4) is 0 Å². The van der Waals surface area contributed by atoms with E-state index in [1.807, 2.05) is 38.1 Å². The van der Waals surface area contributed by atoms with Crippen molar-refractivity contribution in [3.63, 3.8) is 0 Å². The lowest BCUT2D eigenvalue weighted by molar-refractivity contribution is -0.141. The average molecular weight is 400 g/mol. The first kappa shape index (κ1) is 24.5. The molecule has 0 spiro atoms. The number of rotatable bonds is 7. The number of hydrogen-bond acceptors (Lipinski definition) is 2. The fraction of sp³-hybridized carbons (Fsp3) is 0.652. The smallest absolute Gasteiger partial charge is 0.400 e. The highest BCUT2D eigenvalue weighted by molar-refractivity contribution is 5.63. The molecule has 0 heterocycles. The van der Waals surface area contributed by atoms with Crippen molar-refractivity contribution in [2.75, 3.05) is 20.2 Å². The minimum absolute atomic E-state index is 0.266. The lowest BCUT2D eigenvalue weighted by Crippen LogP contribution is -2.34. The maximum atomic E-state index is 13.1. The summed E-state index contributed by atoms with van der Waals surface area (Å²) in [6.45, 7) is 5.55. The van der Waals surface area contributed by atoms with Crippen LogP contribution in [0.1, 0.15) is 63.5 Å². The molecule has 2 rings (SSSR count). The van der Waals surface area contributed by atoms with Gasteiger partial charge in [0.25, 0.3) is 0 Å². The molecule has 1 aliphatic rings. The molecule has 1 aromatic rings. The summed E-state index contributed by atoms with van der Waals surface area (Å²) in [5.41, 5.74) is 2.98. The van der Waals surface area contributed by atoms with Gasteiger partial charge in [0.15, 0.2) is 0 Å². The Kier molecular flexibility index (Phi) is 10.7. The third-order valence-electron chi connectivity index (χ3n) is 5.24. The van der Waals surface area contributed by atoms with Crippen molar-refractivity contribution >= 4 is 5.57 Å². The summed E-state index contributed by atoms with van der Waals surface area (Å²) < 4.78 is 39.2. The molecule has 0 aliphatic heterocycles. The Morgan fingerprint density at radius 2 is 1.86 bits per heavy atom. The molecule has 1 N–H and O–H groups in total. The van der Waals surface area contributed by atoms with Gasteiger partial charge in [-0.3, -0.25) is 0 Å². The zero-order chi connectivity index (χ0) is 21.2. The Hall–Kier alpha value is -1.49. The summed E-state index contributed by atoms with van der Waals surface area (Å²) in [7, 11) is 1.00. The van der Waals surface area contributed by atoms with Gasteiger partial charge in [0.1, 0.15) is 6.54 Å². The Bertz CT molecular complexity index is 592. The van der Waals surface area contributed by atoms with Crippen LogP contribution in [0.3, 0.4) is 0 Å². The van der Waals surface area contributed by atoms with Crippen LogP contribution in [0.2, 0.25) is 0 Å². The molecule has 1 fully saturated rings. The summed E-state index contributed by atoms with van der Waals surface area (Å²) in [4.78, 5) is 1.46. The normalized spacial score (nSPS) is 16.9. The molecule has 0 amide bonds. The van der Waals surface area contributed by atoms with Crippen molar-refractivity contribution in [1.29, 1.82) is 0 Å². The number of aryl methyl sites for hydroxylation is 1. The minimum Gasteiger partial charge on any atom is -0.400 e. The van der Waals surface area contributed by atoms with E-state index in [2.05, 4.69) is 6.92 Å². The number of nitrogens with zero attached hydrogens (tertiary/aromatic N) is 1. The van der Waals surface area contributed by atoms with Crippen LogP contribution in [0.4, 0.5) is 13.2 Å². The molecule has 1 unspecified atom stereocenters. The van der Waals surface area contributed by atoms with E-state index in [1.54, 1.807) is 6.20 Å². The molecule has 1 aromatic carbocycles. The van der Waals surface area contributed by atoms with Gasteiger partial charge >= 0.3 is 6.18 Å². The first-order chi connectivity index (χ1) is 13.2. The molecular weight excluding hydrogens is 363 g/mol. The molecular formula is C23H36F3NO. The third-order valence-corrected chi connectivity index (χ3v) is 5.24. The monoisotopic (exact) mass is 399 g/mol. The first-order valence-corrected chi connectivity index (χ1v) is 10.2. The summed E-state index contributed by atoms with van der Waals surface area (Å²) in [5.74, 6) is 0.954. The van der Waals surface area contributed by atoms with Crippen LogP contribution in [0, 0.1) is 18.8 Å². The Morgan fingerprint density at radius 1 is 1.21 bits per heavy atom. The van der Waals surface area contributed by atoms with Gasteiger partial charge in [-0.05, 0) is 43.2 Å². The predicted octanol–water partition coefficient (Wildman–Crippen LogP) is 6.44. The summed E-state index contributed by atoms with van der Waals surface area (Å²) in [6.07, 6.45) is 4.87. The topological polar surface area (TPSA) is 23.5 Å². The van der Waals surface area contributed by atoms with Crippen molar-refractivity contribution in [2.45, 2.75) is 65.5 Å². The van der Waals surface area contributed by atoms with Gasteiger partial charge in [0, 0.05) is 19.9 Å². The second-order valence-corrected chi connectivity index (χ2v) is 8.07. The van der Waals surface area contributed by atoms with Gasteiger partial charge in [0.2, 0.25) is 0 Å². The number of hydrogen-bond donors (Lipinski definition) is 1. The van der Waals surface area contributed by atoms with Crippen LogP contribution in [-0.4, -0.2) is 36.4 Å². The Balaban J connectivity index is 0.00000190. The largest absolute Gasteiger partial charge is 0.405 e. The molecule has 2 nitrogen and oxygen atoms in total. The number of aliphatic hydroxyl groups is 1. The van der Waals surface area contributed by atoms with Crippen LogP contribution >= 0.6 is 0 Å². The van der Waals surface area contributed by atoms with E-state index in [1.165, 1.54) is 37.0 Å². The van der Waals surface area contributed by atoms with Crippen LogP contribution < -0.4 is 0 Å². The third kappa shape index (κ3) is 9.63. The van der Waals surface area contributed by atoms with E-state index in [9.17, 15) is 13.2 Å². The van der Waals surface area contributed by atoms with Gasteiger partial charge in [-0.2, -0.15) is 13.2 Å². The van der Waals surface area contributed by atoms with Gasteiger partial charge < -0.3 is 10.0 Å². The van der Waals surface area contributed by atoms with E-state index in [0.717, 1.165) is 30.2 Å². The molecule has 5 heteroatoms. The van der Waals surface area contributed by atoms with Crippen molar-refractivity contribution in [1.82, 2.24) is 4.90 Å². The summed E-state index contributed by atoms with van der Waals surface area (Å²) >= 11 is 0. The van der Waals surface area contributed by atoms with E-state index in [0.29, 0.717) is 12.5 Å². The van der Waals surface area contributed by atoms with Crippen LogP contribution in [0.5, 0.6) is 0 Å². The molecule has 0 saturated heterocycles. The molecule has 160 valence electrons. The molecule has 1 aliphatic carbocycles. The number of alkyl halides is 3. The number of aliphatic hydroxyl groups excluding tert-OH is 1. The van der Waals surface area contributed by atoms with Gasteiger partial charge in [0.05, 0.1) is 0 Å². The highest BCUT2D eigenvalue weighted by Gasteiger charge is 2.30. The quantitative estimate of drug-likeness (QED) is 0.571. The van der Waals surface area contributed by atoms with E-state index in [4.69, 9.17) is 5.11 Å². The van der Waals surface area contributed by atoms with Crippen LogP contribution in [0.25, 0.3) is 5.57 Å². The van der Waals surface area contributed by atoms with Crippen molar-refractivity contribution in [3.05, 3.63) is 41.6 Å².